The van der Waals surface area contributed by atoms with E-state index in [1.54, 1.807) is 6.92 Å². The van der Waals surface area contributed by atoms with Crippen molar-refractivity contribution < 1.29 is 19.4 Å². The number of rotatable bonds is 2. The van der Waals surface area contributed by atoms with Crippen molar-refractivity contribution in [1.29, 1.82) is 0 Å². The highest BCUT2D eigenvalue weighted by atomic mass is 16.6. The molecule has 4 heteroatoms. The van der Waals surface area contributed by atoms with Crippen molar-refractivity contribution in [2.75, 3.05) is 0 Å². The lowest BCUT2D eigenvalue weighted by molar-refractivity contribution is -0.166. The lowest BCUT2D eigenvalue weighted by atomic mass is 9.87. The van der Waals surface area contributed by atoms with Crippen LogP contribution in [-0.4, -0.2) is 22.6 Å². The van der Waals surface area contributed by atoms with Crippen LogP contribution in [0.1, 0.15) is 47.0 Å². The first-order valence-corrected chi connectivity index (χ1v) is 5.60. The molecule has 92 valence electrons. The summed E-state index contributed by atoms with van der Waals surface area (Å²) < 4.78 is 5.32. The Balaban J connectivity index is 2.67. The summed E-state index contributed by atoms with van der Waals surface area (Å²) in [4.78, 5) is 22.8. The maximum atomic E-state index is 11.9. The third kappa shape index (κ3) is 2.97. The minimum absolute atomic E-state index is 0.274. The summed E-state index contributed by atoms with van der Waals surface area (Å²) in [5.41, 5.74) is -1.14. The number of carbonyl (C=O) groups is 2. The van der Waals surface area contributed by atoms with Gasteiger partial charge in [-0.2, -0.15) is 0 Å². The van der Waals surface area contributed by atoms with E-state index in [9.17, 15) is 9.59 Å². The van der Waals surface area contributed by atoms with E-state index in [1.165, 1.54) is 0 Å². The van der Waals surface area contributed by atoms with Gasteiger partial charge in [-0.1, -0.05) is 0 Å². The smallest absolute Gasteiger partial charge is 0.312 e. The molecule has 16 heavy (non-hydrogen) atoms. The second-order valence-corrected chi connectivity index (χ2v) is 5.84. The molecule has 1 aliphatic rings. The van der Waals surface area contributed by atoms with Crippen LogP contribution < -0.4 is 0 Å². The van der Waals surface area contributed by atoms with E-state index >= 15 is 0 Å². The molecule has 0 aliphatic heterocycles. The molecule has 2 atom stereocenters. The second kappa shape index (κ2) is 4.07. The van der Waals surface area contributed by atoms with Gasteiger partial charge in [0.05, 0.1) is 11.3 Å². The number of ether oxygens (including phenoxy) is 1. The van der Waals surface area contributed by atoms with Gasteiger partial charge in [-0.15, -0.1) is 0 Å². The Labute approximate surface area is 96.0 Å². The zero-order valence-electron chi connectivity index (χ0n) is 10.4. The summed E-state index contributed by atoms with van der Waals surface area (Å²) in [7, 11) is 0. The highest BCUT2D eigenvalue weighted by Gasteiger charge is 2.45. The molecule has 0 radical (unpaired) electrons. The Bertz CT molecular complexity index is 303. The monoisotopic (exact) mass is 228 g/mol. The normalized spacial score (nSPS) is 30.1. The largest absolute Gasteiger partial charge is 0.481 e. The zero-order chi connectivity index (χ0) is 12.6. The molecular formula is C12H20O4. The first kappa shape index (κ1) is 13.0. The Morgan fingerprint density at radius 1 is 1.38 bits per heavy atom. The van der Waals surface area contributed by atoms with E-state index in [1.807, 2.05) is 20.8 Å². The lowest BCUT2D eigenvalue weighted by Crippen LogP contribution is -2.34. The predicted molar refractivity (Wildman–Crippen MR) is 58.9 cm³/mol. The number of hydrogen-bond donors (Lipinski definition) is 1. The molecule has 0 aromatic carbocycles. The third-order valence-corrected chi connectivity index (χ3v) is 2.98. The molecular weight excluding hydrogens is 208 g/mol. The standard InChI is InChI=1S/C12H20O4/c1-11(2,3)16-10(15)12(4)6-5-8(7-12)9(13)14/h8H,5-7H2,1-4H3,(H,13,14)/t8-,12-/m0/s1. The van der Waals surface area contributed by atoms with Gasteiger partial charge >= 0.3 is 11.9 Å². The first-order chi connectivity index (χ1) is 7.14. The molecule has 1 rings (SSSR count). The van der Waals surface area contributed by atoms with E-state index in [4.69, 9.17) is 9.84 Å². The van der Waals surface area contributed by atoms with Gasteiger partial charge in [0.25, 0.3) is 0 Å². The van der Waals surface area contributed by atoms with Crippen LogP contribution in [0.15, 0.2) is 0 Å². The summed E-state index contributed by atoms with van der Waals surface area (Å²) in [6, 6.07) is 0. The van der Waals surface area contributed by atoms with Crippen molar-refractivity contribution in [2.45, 2.75) is 52.6 Å². The van der Waals surface area contributed by atoms with Crippen LogP contribution in [0.3, 0.4) is 0 Å². The Morgan fingerprint density at radius 2 is 1.94 bits per heavy atom. The minimum Gasteiger partial charge on any atom is -0.481 e. The van der Waals surface area contributed by atoms with E-state index in [0.717, 1.165) is 0 Å². The number of carboxylic acid groups (broad SMARTS) is 1. The molecule has 0 heterocycles. The fraction of sp³-hybridized carbons (Fsp3) is 0.833. The van der Waals surface area contributed by atoms with Crippen molar-refractivity contribution in [3.8, 4) is 0 Å². The zero-order valence-corrected chi connectivity index (χ0v) is 10.4. The minimum atomic E-state index is -0.813. The molecule has 1 saturated carbocycles. The predicted octanol–water partition coefficient (Wildman–Crippen LogP) is 2.22. The molecule has 0 amide bonds. The Kier molecular flexibility index (Phi) is 3.31. The van der Waals surface area contributed by atoms with E-state index in [0.29, 0.717) is 19.3 Å². The molecule has 0 unspecified atom stereocenters. The van der Waals surface area contributed by atoms with Gasteiger partial charge in [0, 0.05) is 0 Å². The SMILES string of the molecule is CC(C)(C)OC(=O)[C@@]1(C)CC[C@H](C(=O)O)C1. The van der Waals surface area contributed by atoms with Gasteiger partial charge in [0.2, 0.25) is 0 Å². The topological polar surface area (TPSA) is 63.6 Å². The molecule has 0 aromatic rings. The summed E-state index contributed by atoms with van der Waals surface area (Å²) in [6.07, 6.45) is 1.54. The maximum Gasteiger partial charge on any atom is 0.312 e. The van der Waals surface area contributed by atoms with Gasteiger partial charge in [-0.25, -0.2) is 0 Å². The van der Waals surface area contributed by atoms with Gasteiger partial charge in [-0.3, -0.25) is 9.59 Å². The number of carbonyl (C=O) groups excluding carboxylic acids is 1. The summed E-state index contributed by atoms with van der Waals surface area (Å²) in [6.45, 7) is 7.25. The van der Waals surface area contributed by atoms with Crippen LogP contribution in [0.5, 0.6) is 0 Å². The van der Waals surface area contributed by atoms with Gasteiger partial charge in [0.15, 0.2) is 0 Å². The van der Waals surface area contributed by atoms with Gasteiger partial charge < -0.3 is 9.84 Å². The quantitative estimate of drug-likeness (QED) is 0.736. The highest BCUT2D eigenvalue weighted by molar-refractivity contribution is 5.79. The van der Waals surface area contributed by atoms with Crippen LogP contribution >= 0.6 is 0 Å². The van der Waals surface area contributed by atoms with Crippen LogP contribution in [0.4, 0.5) is 0 Å². The van der Waals surface area contributed by atoms with E-state index < -0.39 is 22.9 Å². The number of hydrogen-bond acceptors (Lipinski definition) is 3. The van der Waals surface area contributed by atoms with E-state index in [-0.39, 0.29) is 5.97 Å². The molecule has 0 bridgehead atoms. The average Bonchev–Trinajstić information content (AvgIpc) is 2.46. The lowest BCUT2D eigenvalue weighted by Gasteiger charge is -2.28. The van der Waals surface area contributed by atoms with Crippen molar-refractivity contribution in [1.82, 2.24) is 0 Å². The fourth-order valence-electron chi connectivity index (χ4n) is 2.04. The van der Waals surface area contributed by atoms with Crippen LogP contribution in [0, 0.1) is 11.3 Å². The highest BCUT2D eigenvalue weighted by Crippen LogP contribution is 2.43. The summed E-state index contributed by atoms with van der Waals surface area (Å²) >= 11 is 0. The molecule has 0 aromatic heterocycles. The Hall–Kier alpha value is -1.06. The molecule has 0 spiro atoms. The van der Waals surface area contributed by atoms with Gasteiger partial charge in [0.1, 0.15) is 5.60 Å². The van der Waals surface area contributed by atoms with Crippen molar-refractivity contribution in [3.63, 3.8) is 0 Å². The van der Waals surface area contributed by atoms with Crippen molar-refractivity contribution in [2.24, 2.45) is 11.3 Å². The molecule has 4 nitrogen and oxygen atoms in total. The molecule has 1 fully saturated rings. The van der Waals surface area contributed by atoms with Crippen LogP contribution in [0.2, 0.25) is 0 Å². The Morgan fingerprint density at radius 3 is 2.31 bits per heavy atom. The van der Waals surface area contributed by atoms with E-state index in [2.05, 4.69) is 0 Å². The third-order valence-electron chi connectivity index (χ3n) is 2.98. The number of aliphatic carboxylic acids is 1. The van der Waals surface area contributed by atoms with Crippen molar-refractivity contribution >= 4 is 11.9 Å². The maximum absolute atomic E-state index is 11.9. The van der Waals surface area contributed by atoms with Gasteiger partial charge in [-0.05, 0) is 47.0 Å². The summed E-state index contributed by atoms with van der Waals surface area (Å²) in [5, 5.41) is 8.91. The molecule has 1 N–H and O–H groups in total. The molecule has 0 saturated heterocycles. The molecule has 1 aliphatic carbocycles. The fourth-order valence-corrected chi connectivity index (χ4v) is 2.04. The first-order valence-electron chi connectivity index (χ1n) is 5.60. The van der Waals surface area contributed by atoms with Crippen molar-refractivity contribution in [3.05, 3.63) is 0 Å². The van der Waals surface area contributed by atoms with Crippen LogP contribution in [0.25, 0.3) is 0 Å². The number of carboxylic acids is 1. The average molecular weight is 228 g/mol. The second-order valence-electron chi connectivity index (χ2n) is 5.84. The summed E-state index contributed by atoms with van der Waals surface area (Å²) in [5.74, 6) is -1.49. The van der Waals surface area contributed by atoms with Crippen LogP contribution in [-0.2, 0) is 14.3 Å². The number of esters is 1.